The van der Waals surface area contributed by atoms with Gasteiger partial charge in [0.15, 0.2) is 5.16 Å². The third-order valence-electron chi connectivity index (χ3n) is 5.16. The van der Waals surface area contributed by atoms with E-state index in [4.69, 9.17) is 4.98 Å². The van der Waals surface area contributed by atoms with E-state index in [2.05, 4.69) is 73.6 Å². The van der Waals surface area contributed by atoms with Gasteiger partial charge in [-0.2, -0.15) is 0 Å². The van der Waals surface area contributed by atoms with Gasteiger partial charge in [-0.05, 0) is 56.0 Å². The zero-order valence-corrected chi connectivity index (χ0v) is 17.7. The zero-order valence-electron chi connectivity index (χ0n) is 16.9. The van der Waals surface area contributed by atoms with Crippen LogP contribution in [0.25, 0.3) is 11.0 Å². The smallest absolute Gasteiger partial charge is 0.169 e. The fourth-order valence-corrected chi connectivity index (χ4v) is 4.63. The SMILES string of the molecule is Cc1ccc(CSc2nc3ccncc3n2Cc2c(C)cc(C)cc2C)cc1. The average molecular weight is 388 g/mol. The van der Waals surface area contributed by atoms with Crippen molar-refractivity contribution in [1.82, 2.24) is 14.5 Å². The van der Waals surface area contributed by atoms with Crippen LogP contribution in [0.1, 0.15) is 33.4 Å². The highest BCUT2D eigenvalue weighted by molar-refractivity contribution is 7.98. The molecule has 0 saturated carbocycles. The topological polar surface area (TPSA) is 30.7 Å². The number of pyridine rings is 1. The summed E-state index contributed by atoms with van der Waals surface area (Å²) in [5, 5.41) is 1.04. The van der Waals surface area contributed by atoms with Gasteiger partial charge in [-0.1, -0.05) is 59.3 Å². The molecule has 2 aromatic heterocycles. The lowest BCUT2D eigenvalue weighted by Gasteiger charge is -2.15. The molecule has 0 amide bonds. The molecule has 0 spiro atoms. The van der Waals surface area contributed by atoms with Crippen LogP contribution in [0.15, 0.2) is 60.0 Å². The van der Waals surface area contributed by atoms with Gasteiger partial charge in [-0.25, -0.2) is 4.98 Å². The van der Waals surface area contributed by atoms with Gasteiger partial charge in [0.1, 0.15) is 0 Å². The van der Waals surface area contributed by atoms with Crippen LogP contribution >= 0.6 is 11.8 Å². The predicted molar refractivity (Wildman–Crippen MR) is 118 cm³/mol. The van der Waals surface area contributed by atoms with Gasteiger partial charge in [0.2, 0.25) is 0 Å². The van der Waals surface area contributed by atoms with Gasteiger partial charge in [0.05, 0.1) is 23.8 Å². The number of hydrogen-bond acceptors (Lipinski definition) is 3. The Labute approximate surface area is 170 Å². The minimum absolute atomic E-state index is 0.816. The first-order valence-electron chi connectivity index (χ1n) is 9.56. The first-order valence-corrected chi connectivity index (χ1v) is 10.5. The van der Waals surface area contributed by atoms with Crippen LogP contribution < -0.4 is 0 Å². The van der Waals surface area contributed by atoms with Crippen molar-refractivity contribution in [2.75, 3.05) is 0 Å². The molecule has 2 aromatic carbocycles. The molecule has 142 valence electrons. The molecule has 0 aliphatic heterocycles. The van der Waals surface area contributed by atoms with Gasteiger partial charge in [-0.15, -0.1) is 0 Å². The first kappa shape index (κ1) is 18.8. The molecule has 28 heavy (non-hydrogen) atoms. The van der Waals surface area contributed by atoms with Crippen molar-refractivity contribution in [3.05, 3.63) is 88.2 Å². The molecule has 3 nitrogen and oxygen atoms in total. The van der Waals surface area contributed by atoms with Crippen molar-refractivity contribution in [2.24, 2.45) is 0 Å². The highest BCUT2D eigenvalue weighted by atomic mass is 32.2. The molecule has 0 fully saturated rings. The Morgan fingerprint density at radius 1 is 0.893 bits per heavy atom. The quantitative estimate of drug-likeness (QED) is 0.393. The maximum Gasteiger partial charge on any atom is 0.169 e. The number of imidazole rings is 1. The van der Waals surface area contributed by atoms with E-state index in [1.807, 2.05) is 18.5 Å². The van der Waals surface area contributed by atoms with Crippen LogP contribution in [-0.2, 0) is 12.3 Å². The molecule has 4 heteroatoms. The summed E-state index contributed by atoms with van der Waals surface area (Å²) >= 11 is 1.79. The van der Waals surface area contributed by atoms with E-state index in [-0.39, 0.29) is 0 Å². The van der Waals surface area contributed by atoms with E-state index in [0.717, 1.165) is 28.5 Å². The monoisotopic (exact) mass is 387 g/mol. The third kappa shape index (κ3) is 3.83. The highest BCUT2D eigenvalue weighted by Crippen LogP contribution is 2.29. The molecule has 2 heterocycles. The van der Waals surface area contributed by atoms with Crippen molar-refractivity contribution in [3.63, 3.8) is 0 Å². The third-order valence-corrected chi connectivity index (χ3v) is 6.21. The first-order chi connectivity index (χ1) is 13.5. The lowest BCUT2D eigenvalue weighted by molar-refractivity contribution is 0.723. The van der Waals surface area contributed by atoms with Crippen molar-refractivity contribution in [2.45, 2.75) is 45.1 Å². The molecular weight excluding hydrogens is 362 g/mol. The maximum atomic E-state index is 4.90. The Hall–Kier alpha value is -2.59. The molecule has 0 unspecified atom stereocenters. The summed E-state index contributed by atoms with van der Waals surface area (Å²) in [7, 11) is 0. The number of thioether (sulfide) groups is 1. The van der Waals surface area contributed by atoms with Crippen molar-refractivity contribution in [1.29, 1.82) is 0 Å². The second-order valence-corrected chi connectivity index (χ2v) is 8.44. The molecule has 0 aliphatic rings. The van der Waals surface area contributed by atoms with Crippen LogP contribution in [0.2, 0.25) is 0 Å². The molecule has 4 aromatic rings. The predicted octanol–water partition coefficient (Wildman–Crippen LogP) is 6.01. The minimum Gasteiger partial charge on any atom is -0.313 e. The van der Waals surface area contributed by atoms with Gasteiger partial charge in [-0.3, -0.25) is 4.98 Å². The molecule has 0 bridgehead atoms. The summed E-state index contributed by atoms with van der Waals surface area (Å²) in [5.41, 5.74) is 10.0. The Morgan fingerprint density at radius 2 is 1.61 bits per heavy atom. The Kier molecular flexibility index (Phi) is 5.23. The van der Waals surface area contributed by atoms with Crippen LogP contribution in [0, 0.1) is 27.7 Å². The average Bonchev–Trinajstić information content (AvgIpc) is 3.01. The number of rotatable bonds is 5. The lowest BCUT2D eigenvalue weighted by Crippen LogP contribution is -2.06. The van der Waals surface area contributed by atoms with E-state index in [9.17, 15) is 0 Å². The highest BCUT2D eigenvalue weighted by Gasteiger charge is 2.14. The number of benzene rings is 2. The Morgan fingerprint density at radius 3 is 2.32 bits per heavy atom. The summed E-state index contributed by atoms with van der Waals surface area (Å²) < 4.78 is 2.31. The second kappa shape index (κ2) is 7.80. The van der Waals surface area contributed by atoms with Gasteiger partial charge >= 0.3 is 0 Å². The standard InChI is InChI=1S/C24H25N3S/c1-16-5-7-20(8-6-16)15-28-24-26-22-9-10-25-13-23(22)27(24)14-21-18(3)11-17(2)12-19(21)4/h5-13H,14-15H2,1-4H3. The fourth-order valence-electron chi connectivity index (χ4n) is 3.66. The van der Waals surface area contributed by atoms with E-state index in [1.165, 1.54) is 33.4 Å². The Bertz CT molecular complexity index is 1100. The normalized spacial score (nSPS) is 11.3. The summed E-state index contributed by atoms with van der Waals surface area (Å²) in [4.78, 5) is 9.25. The summed E-state index contributed by atoms with van der Waals surface area (Å²) in [5.74, 6) is 0.906. The maximum absolute atomic E-state index is 4.90. The summed E-state index contributed by atoms with van der Waals surface area (Å²) in [6.07, 6.45) is 3.74. The number of hydrogen-bond donors (Lipinski definition) is 0. The van der Waals surface area contributed by atoms with Crippen LogP contribution in [0.4, 0.5) is 0 Å². The molecule has 0 atom stereocenters. The molecule has 0 saturated heterocycles. The summed E-state index contributed by atoms with van der Waals surface area (Å²) in [6, 6.07) is 15.3. The molecule has 0 N–H and O–H groups in total. The van der Waals surface area contributed by atoms with Crippen molar-refractivity contribution in [3.8, 4) is 0 Å². The van der Waals surface area contributed by atoms with Crippen LogP contribution in [0.5, 0.6) is 0 Å². The molecular formula is C24H25N3S. The minimum atomic E-state index is 0.816. The molecule has 4 rings (SSSR count). The largest absolute Gasteiger partial charge is 0.313 e. The molecule has 0 aliphatic carbocycles. The van der Waals surface area contributed by atoms with E-state index in [0.29, 0.717) is 0 Å². The zero-order chi connectivity index (χ0) is 19.7. The fraction of sp³-hybridized carbons (Fsp3) is 0.250. The van der Waals surface area contributed by atoms with Crippen molar-refractivity contribution < 1.29 is 0 Å². The lowest BCUT2D eigenvalue weighted by atomic mass is 10.00. The van der Waals surface area contributed by atoms with Crippen LogP contribution in [-0.4, -0.2) is 14.5 Å². The van der Waals surface area contributed by atoms with E-state index < -0.39 is 0 Å². The van der Waals surface area contributed by atoms with Crippen molar-refractivity contribution >= 4 is 22.8 Å². The number of aryl methyl sites for hydroxylation is 4. The number of aromatic nitrogens is 3. The van der Waals surface area contributed by atoms with Gasteiger partial charge < -0.3 is 4.57 Å². The van der Waals surface area contributed by atoms with Gasteiger partial charge in [0, 0.05) is 11.9 Å². The van der Waals surface area contributed by atoms with Gasteiger partial charge in [0.25, 0.3) is 0 Å². The van der Waals surface area contributed by atoms with E-state index >= 15 is 0 Å². The Balaban J connectivity index is 1.70. The number of fused-ring (bicyclic) bond motifs is 1. The van der Waals surface area contributed by atoms with E-state index in [1.54, 1.807) is 11.8 Å². The molecule has 0 radical (unpaired) electrons. The van der Waals surface area contributed by atoms with Crippen LogP contribution in [0.3, 0.4) is 0 Å². The summed E-state index contributed by atoms with van der Waals surface area (Å²) in [6.45, 7) is 9.49. The second-order valence-electron chi connectivity index (χ2n) is 7.50. The number of nitrogens with zero attached hydrogens (tertiary/aromatic N) is 3.